The number of amides is 2. The Kier molecular flexibility index (Phi) is 6.96. The molecule has 0 atom stereocenters. The van der Waals surface area contributed by atoms with Gasteiger partial charge in [-0.3, -0.25) is 4.79 Å². The predicted molar refractivity (Wildman–Crippen MR) is 147 cm³/mol. The number of benzene rings is 2. The summed E-state index contributed by atoms with van der Waals surface area (Å²) < 4.78 is 7.60. The van der Waals surface area contributed by atoms with Crippen LogP contribution in [-0.2, 0) is 17.9 Å². The summed E-state index contributed by atoms with van der Waals surface area (Å²) in [6.07, 6.45) is 1.89. The number of rotatable bonds is 9. The van der Waals surface area contributed by atoms with Crippen molar-refractivity contribution in [1.82, 2.24) is 29.7 Å². The molecule has 2 aromatic carbocycles. The van der Waals surface area contributed by atoms with Crippen molar-refractivity contribution in [2.75, 3.05) is 18.8 Å². The fraction of sp³-hybridized carbons (Fsp3) is 0.179. The van der Waals surface area contributed by atoms with Gasteiger partial charge < -0.3 is 30.0 Å². The fourth-order valence-corrected chi connectivity index (χ4v) is 4.38. The van der Waals surface area contributed by atoms with E-state index in [1.807, 2.05) is 53.1 Å². The minimum absolute atomic E-state index is 0.153. The largest absolute Gasteiger partial charge is 0.465 e. The lowest BCUT2D eigenvalue weighted by atomic mass is 10.1. The zero-order valence-electron chi connectivity index (χ0n) is 21.3. The number of anilines is 1. The quantitative estimate of drug-likeness (QED) is 0.244. The Bertz CT molecular complexity index is 1670. The van der Waals surface area contributed by atoms with Gasteiger partial charge in [-0.05, 0) is 24.1 Å². The highest BCUT2D eigenvalue weighted by atomic mass is 16.4. The zero-order chi connectivity index (χ0) is 27.5. The first kappa shape index (κ1) is 25.5. The van der Waals surface area contributed by atoms with Gasteiger partial charge >= 0.3 is 6.09 Å². The molecule has 0 aliphatic heterocycles. The van der Waals surface area contributed by atoms with E-state index in [1.54, 1.807) is 13.1 Å². The molecule has 39 heavy (non-hydrogen) atoms. The van der Waals surface area contributed by atoms with Crippen LogP contribution < -0.4 is 11.1 Å². The molecule has 2 amide bonds. The Labute approximate surface area is 223 Å². The lowest BCUT2D eigenvalue weighted by Gasteiger charge is -2.20. The number of carbonyl (C=O) groups is 2. The summed E-state index contributed by atoms with van der Waals surface area (Å²) in [7, 11) is 0. The molecule has 3 aromatic heterocycles. The predicted octanol–water partition coefficient (Wildman–Crippen LogP) is 4.04. The minimum atomic E-state index is -1.07. The number of nitrogens with zero attached hydrogens (tertiary/aromatic N) is 5. The molecule has 198 valence electrons. The van der Waals surface area contributed by atoms with Crippen molar-refractivity contribution >= 4 is 39.8 Å². The van der Waals surface area contributed by atoms with Crippen LogP contribution in [0, 0.1) is 0 Å². The number of carbonyl (C=O) groups excluding carboxylic acids is 1. The van der Waals surface area contributed by atoms with Crippen molar-refractivity contribution in [3.63, 3.8) is 0 Å². The maximum Gasteiger partial charge on any atom is 0.407 e. The van der Waals surface area contributed by atoms with E-state index >= 15 is 0 Å². The Balaban J connectivity index is 1.42. The van der Waals surface area contributed by atoms with Gasteiger partial charge in [-0.2, -0.15) is 0 Å². The van der Waals surface area contributed by atoms with Gasteiger partial charge in [-0.15, -0.1) is 0 Å². The summed E-state index contributed by atoms with van der Waals surface area (Å²) in [5.41, 5.74) is 10.6. The molecule has 11 nitrogen and oxygen atoms in total. The average molecular weight is 526 g/mol. The van der Waals surface area contributed by atoms with Gasteiger partial charge in [0.2, 0.25) is 5.91 Å². The van der Waals surface area contributed by atoms with E-state index in [-0.39, 0.29) is 25.5 Å². The van der Waals surface area contributed by atoms with Crippen molar-refractivity contribution < 1.29 is 19.1 Å². The second-order valence-corrected chi connectivity index (χ2v) is 9.16. The number of nitrogens with two attached hydrogens (primary N) is 1. The van der Waals surface area contributed by atoms with Crippen LogP contribution in [0.25, 0.3) is 33.5 Å². The van der Waals surface area contributed by atoms with Gasteiger partial charge in [0, 0.05) is 37.1 Å². The van der Waals surface area contributed by atoms with Crippen LogP contribution >= 0.6 is 0 Å². The number of nitrogens with one attached hydrogen (secondary N) is 1. The summed E-state index contributed by atoms with van der Waals surface area (Å²) in [6.45, 7) is 6.16. The normalized spacial score (nSPS) is 11.1. The van der Waals surface area contributed by atoms with Gasteiger partial charge in [-0.25, -0.2) is 19.7 Å². The second-order valence-electron chi connectivity index (χ2n) is 9.16. The van der Waals surface area contributed by atoms with Crippen LogP contribution in [0.3, 0.4) is 0 Å². The molecule has 0 saturated carbocycles. The number of carboxylic acid groups (broad SMARTS) is 1. The molecule has 0 aliphatic carbocycles. The fourth-order valence-electron chi connectivity index (χ4n) is 4.38. The number of oxazole rings is 1. The molecule has 0 unspecified atom stereocenters. The molecule has 11 heteroatoms. The van der Waals surface area contributed by atoms with Gasteiger partial charge in [0.25, 0.3) is 0 Å². The van der Waals surface area contributed by atoms with Gasteiger partial charge in [-0.1, -0.05) is 49.0 Å². The van der Waals surface area contributed by atoms with Crippen LogP contribution in [0.5, 0.6) is 0 Å². The van der Waals surface area contributed by atoms with Gasteiger partial charge in [0.15, 0.2) is 23.8 Å². The van der Waals surface area contributed by atoms with E-state index < -0.39 is 6.09 Å². The van der Waals surface area contributed by atoms with E-state index in [9.17, 15) is 14.7 Å². The Morgan fingerprint density at radius 3 is 2.56 bits per heavy atom. The number of hydrogen-bond donors (Lipinski definition) is 3. The average Bonchev–Trinajstić information content (AvgIpc) is 3.58. The number of imidazole rings is 1. The lowest BCUT2D eigenvalue weighted by Crippen LogP contribution is -2.37. The Morgan fingerprint density at radius 2 is 1.87 bits per heavy atom. The molecule has 5 rings (SSSR count). The summed E-state index contributed by atoms with van der Waals surface area (Å²) in [5, 5.41) is 13.2. The molecule has 0 saturated heterocycles. The summed E-state index contributed by atoms with van der Waals surface area (Å²) in [4.78, 5) is 38.0. The van der Waals surface area contributed by atoms with Crippen molar-refractivity contribution in [2.45, 2.75) is 20.0 Å². The first-order valence-corrected chi connectivity index (χ1v) is 12.2. The van der Waals surface area contributed by atoms with Gasteiger partial charge in [0.05, 0.1) is 17.2 Å². The maximum absolute atomic E-state index is 11.8. The van der Waals surface area contributed by atoms with E-state index in [0.717, 1.165) is 27.5 Å². The van der Waals surface area contributed by atoms with Crippen LogP contribution in [-0.4, -0.2) is 54.6 Å². The van der Waals surface area contributed by atoms with Crippen molar-refractivity contribution in [2.24, 2.45) is 0 Å². The Morgan fingerprint density at radius 1 is 1.13 bits per heavy atom. The van der Waals surface area contributed by atoms with E-state index in [4.69, 9.17) is 15.1 Å². The SMILES string of the molecule is C=C(C)C(=O)NCCN(Cc1ccc(Cn2c(-c3cnco3)nc3c(N)nc4ccccc4c32)cc1)C(=O)O. The molecule has 0 aliphatic rings. The first-order valence-electron chi connectivity index (χ1n) is 12.2. The molecule has 0 spiro atoms. The summed E-state index contributed by atoms with van der Waals surface area (Å²) in [5.74, 6) is 1.10. The van der Waals surface area contributed by atoms with Crippen LogP contribution in [0.15, 0.2) is 77.7 Å². The number of aromatic nitrogens is 4. The van der Waals surface area contributed by atoms with E-state index in [1.165, 1.54) is 11.3 Å². The van der Waals surface area contributed by atoms with Crippen molar-refractivity contribution in [3.8, 4) is 11.6 Å². The molecule has 5 aromatic rings. The molecule has 0 radical (unpaired) electrons. The number of pyridine rings is 1. The van der Waals surface area contributed by atoms with Gasteiger partial charge in [0.1, 0.15) is 5.52 Å². The zero-order valence-corrected chi connectivity index (χ0v) is 21.3. The topological polar surface area (TPSA) is 152 Å². The molecule has 4 N–H and O–H groups in total. The smallest absolute Gasteiger partial charge is 0.407 e. The first-order chi connectivity index (χ1) is 18.8. The van der Waals surface area contributed by atoms with Crippen molar-refractivity contribution in [3.05, 3.63) is 84.4 Å². The monoisotopic (exact) mass is 525 g/mol. The third-order valence-electron chi connectivity index (χ3n) is 6.33. The number of fused-ring (bicyclic) bond motifs is 3. The minimum Gasteiger partial charge on any atom is -0.465 e. The third-order valence-corrected chi connectivity index (χ3v) is 6.33. The van der Waals surface area contributed by atoms with E-state index in [0.29, 0.717) is 35.0 Å². The number of hydrogen-bond acceptors (Lipinski definition) is 7. The molecule has 0 fully saturated rings. The molecular formula is C28H27N7O4. The maximum atomic E-state index is 11.8. The Hall–Kier alpha value is -5.19. The summed E-state index contributed by atoms with van der Waals surface area (Å²) >= 11 is 0. The van der Waals surface area contributed by atoms with E-state index in [2.05, 4.69) is 21.9 Å². The van der Waals surface area contributed by atoms with Crippen LogP contribution in [0.2, 0.25) is 0 Å². The standard InChI is InChI=1S/C28H27N7O4/c1-17(2)27(36)31-11-12-34(28(37)38)14-18-7-9-19(10-8-18)15-35-24-20-5-3-4-6-21(20)32-25(29)23(24)33-26(35)22-13-30-16-39-22/h3-10,13,16H,1,11-12,14-15H2,2H3,(H2,29,32)(H,31,36)(H,37,38). The van der Waals surface area contributed by atoms with Crippen LogP contribution in [0.4, 0.5) is 10.6 Å². The highest BCUT2D eigenvalue weighted by molar-refractivity contribution is 6.07. The molecular weight excluding hydrogens is 498 g/mol. The van der Waals surface area contributed by atoms with Crippen LogP contribution in [0.1, 0.15) is 18.1 Å². The lowest BCUT2D eigenvalue weighted by molar-refractivity contribution is -0.117. The number of para-hydroxylation sites is 1. The molecule has 0 bridgehead atoms. The third kappa shape index (κ3) is 5.28. The highest BCUT2D eigenvalue weighted by Crippen LogP contribution is 2.33. The number of nitrogen functional groups attached to an aromatic ring is 1. The molecule has 3 heterocycles. The van der Waals surface area contributed by atoms with Crippen molar-refractivity contribution in [1.29, 1.82) is 0 Å². The second kappa shape index (κ2) is 10.7. The summed E-state index contributed by atoms with van der Waals surface area (Å²) in [6, 6.07) is 15.4. The highest BCUT2D eigenvalue weighted by Gasteiger charge is 2.20.